The molecular formula is C20H20Cl2N2O3. The first-order valence-electron chi connectivity index (χ1n) is 8.95. The molecule has 0 atom stereocenters. The zero-order chi connectivity index (χ0) is 18.8. The highest BCUT2D eigenvalue weighted by atomic mass is 35.5. The molecule has 5 nitrogen and oxygen atoms in total. The lowest BCUT2D eigenvalue weighted by Gasteiger charge is -2.35. The summed E-state index contributed by atoms with van der Waals surface area (Å²) in [5, 5.41) is 1.16. The number of hydrogen-bond acceptors (Lipinski definition) is 4. The van der Waals surface area contributed by atoms with Crippen molar-refractivity contribution in [3.05, 3.63) is 57.6 Å². The molecule has 2 heterocycles. The summed E-state index contributed by atoms with van der Waals surface area (Å²) in [7, 11) is 0. The Balaban J connectivity index is 1.39. The molecule has 0 aromatic heterocycles. The molecule has 27 heavy (non-hydrogen) atoms. The number of carbonyl (C=O) groups excluding carboxylic acids is 1. The number of benzene rings is 2. The fraction of sp³-hybridized carbons (Fsp3) is 0.350. The number of rotatable bonds is 3. The van der Waals surface area contributed by atoms with E-state index in [0.717, 1.165) is 24.7 Å². The minimum Gasteiger partial charge on any atom is -0.486 e. The van der Waals surface area contributed by atoms with Crippen LogP contribution in [0.15, 0.2) is 36.4 Å². The maximum atomic E-state index is 12.9. The van der Waals surface area contributed by atoms with E-state index in [1.54, 1.807) is 12.1 Å². The van der Waals surface area contributed by atoms with Gasteiger partial charge in [-0.05, 0) is 29.8 Å². The normalized spacial score (nSPS) is 17.0. The van der Waals surface area contributed by atoms with E-state index in [4.69, 9.17) is 32.7 Å². The van der Waals surface area contributed by atoms with E-state index in [9.17, 15) is 4.79 Å². The van der Waals surface area contributed by atoms with Crippen molar-refractivity contribution < 1.29 is 14.3 Å². The second kappa shape index (κ2) is 7.97. The number of hydrogen-bond donors (Lipinski definition) is 0. The zero-order valence-electron chi connectivity index (χ0n) is 14.8. The summed E-state index contributed by atoms with van der Waals surface area (Å²) in [6.07, 6.45) is 0. The van der Waals surface area contributed by atoms with Gasteiger partial charge < -0.3 is 14.4 Å². The topological polar surface area (TPSA) is 42.0 Å². The number of carbonyl (C=O) groups is 1. The Hall–Kier alpha value is -1.95. The summed E-state index contributed by atoms with van der Waals surface area (Å²) in [4.78, 5) is 17.1. The summed E-state index contributed by atoms with van der Waals surface area (Å²) < 4.78 is 11.1. The maximum absolute atomic E-state index is 12.9. The second-order valence-electron chi connectivity index (χ2n) is 6.68. The molecule has 0 N–H and O–H groups in total. The Bertz CT molecular complexity index is 851. The standard InChI is InChI=1S/C20H20Cl2N2O3/c21-16-3-1-2-14(10-16)13-23-4-6-24(7-5-23)20(25)15-11-17(22)19-18(12-15)26-8-9-27-19/h1-3,10-12H,4-9,13H2. The molecule has 4 rings (SSSR count). The van der Waals surface area contributed by atoms with Gasteiger partial charge in [-0.25, -0.2) is 0 Å². The third kappa shape index (κ3) is 4.15. The van der Waals surface area contributed by atoms with E-state index in [0.29, 0.717) is 48.4 Å². The SMILES string of the molecule is O=C(c1cc(Cl)c2c(c1)OCCO2)N1CCN(Cc2cccc(Cl)c2)CC1. The van der Waals surface area contributed by atoms with Crippen LogP contribution in [0.1, 0.15) is 15.9 Å². The van der Waals surface area contributed by atoms with Crippen molar-refractivity contribution in [2.24, 2.45) is 0 Å². The second-order valence-corrected chi connectivity index (χ2v) is 7.52. The van der Waals surface area contributed by atoms with Crippen LogP contribution < -0.4 is 9.47 Å². The van der Waals surface area contributed by atoms with Crippen molar-refractivity contribution in [3.63, 3.8) is 0 Å². The molecule has 0 bridgehead atoms. The summed E-state index contributed by atoms with van der Waals surface area (Å²) >= 11 is 12.3. The predicted octanol–water partition coefficient (Wildman–Crippen LogP) is 3.72. The lowest BCUT2D eigenvalue weighted by Crippen LogP contribution is -2.48. The van der Waals surface area contributed by atoms with Crippen LogP contribution in [-0.4, -0.2) is 55.1 Å². The summed E-state index contributed by atoms with van der Waals surface area (Å²) in [6, 6.07) is 11.3. The molecule has 0 spiro atoms. The fourth-order valence-corrected chi connectivity index (χ4v) is 3.90. The molecule has 0 saturated carbocycles. The van der Waals surface area contributed by atoms with E-state index in [-0.39, 0.29) is 5.91 Å². The van der Waals surface area contributed by atoms with Gasteiger partial charge in [0.25, 0.3) is 5.91 Å². The van der Waals surface area contributed by atoms with Crippen molar-refractivity contribution in [2.75, 3.05) is 39.4 Å². The zero-order valence-corrected chi connectivity index (χ0v) is 16.3. The van der Waals surface area contributed by atoms with Gasteiger partial charge in [-0.2, -0.15) is 0 Å². The molecule has 1 fully saturated rings. The fourth-order valence-electron chi connectivity index (χ4n) is 3.42. The van der Waals surface area contributed by atoms with E-state index in [2.05, 4.69) is 11.0 Å². The quantitative estimate of drug-likeness (QED) is 0.778. The van der Waals surface area contributed by atoms with Gasteiger partial charge >= 0.3 is 0 Å². The van der Waals surface area contributed by atoms with Gasteiger partial charge in [0.2, 0.25) is 0 Å². The maximum Gasteiger partial charge on any atom is 0.254 e. The molecule has 1 amide bonds. The van der Waals surface area contributed by atoms with Crippen LogP contribution in [0, 0.1) is 0 Å². The van der Waals surface area contributed by atoms with Gasteiger partial charge in [-0.1, -0.05) is 35.3 Å². The number of halogens is 2. The Labute approximate surface area is 168 Å². The Morgan fingerprint density at radius 1 is 1.00 bits per heavy atom. The van der Waals surface area contributed by atoms with Crippen LogP contribution >= 0.6 is 23.2 Å². The summed E-state index contributed by atoms with van der Waals surface area (Å²) in [5.74, 6) is 1.03. The largest absolute Gasteiger partial charge is 0.486 e. The molecular weight excluding hydrogens is 387 g/mol. The highest BCUT2D eigenvalue weighted by Gasteiger charge is 2.25. The van der Waals surface area contributed by atoms with Crippen LogP contribution in [0.4, 0.5) is 0 Å². The minimum atomic E-state index is -0.0312. The molecule has 0 aliphatic carbocycles. The number of ether oxygens (including phenoxy) is 2. The van der Waals surface area contributed by atoms with E-state index in [1.165, 1.54) is 5.56 Å². The first kappa shape index (κ1) is 18.4. The third-order valence-electron chi connectivity index (χ3n) is 4.80. The van der Waals surface area contributed by atoms with Gasteiger partial charge in [0.05, 0.1) is 5.02 Å². The van der Waals surface area contributed by atoms with Crippen molar-refractivity contribution in [1.29, 1.82) is 0 Å². The molecule has 7 heteroatoms. The van der Waals surface area contributed by atoms with Gasteiger partial charge in [0.15, 0.2) is 11.5 Å². The average molecular weight is 407 g/mol. The lowest BCUT2D eigenvalue weighted by atomic mass is 10.1. The van der Waals surface area contributed by atoms with Crippen LogP contribution in [-0.2, 0) is 6.54 Å². The van der Waals surface area contributed by atoms with Crippen LogP contribution in [0.3, 0.4) is 0 Å². The lowest BCUT2D eigenvalue weighted by molar-refractivity contribution is 0.0627. The van der Waals surface area contributed by atoms with Crippen molar-refractivity contribution in [2.45, 2.75) is 6.54 Å². The number of nitrogens with zero attached hydrogens (tertiary/aromatic N) is 2. The Kier molecular flexibility index (Phi) is 5.43. The summed E-state index contributed by atoms with van der Waals surface area (Å²) in [6.45, 7) is 4.74. The first-order chi connectivity index (χ1) is 13.1. The molecule has 2 aromatic rings. The number of fused-ring (bicyclic) bond motifs is 1. The molecule has 0 unspecified atom stereocenters. The molecule has 1 saturated heterocycles. The Morgan fingerprint density at radius 3 is 2.56 bits per heavy atom. The number of piperazine rings is 1. The molecule has 0 radical (unpaired) electrons. The van der Waals surface area contributed by atoms with Gasteiger partial charge in [-0.3, -0.25) is 9.69 Å². The molecule has 2 aliphatic heterocycles. The van der Waals surface area contributed by atoms with Gasteiger partial charge in [-0.15, -0.1) is 0 Å². The van der Waals surface area contributed by atoms with E-state index < -0.39 is 0 Å². The smallest absolute Gasteiger partial charge is 0.254 e. The van der Waals surface area contributed by atoms with Gasteiger partial charge in [0, 0.05) is 43.3 Å². The molecule has 2 aromatic carbocycles. The molecule has 2 aliphatic rings. The Morgan fingerprint density at radius 2 is 1.78 bits per heavy atom. The van der Waals surface area contributed by atoms with Crippen molar-refractivity contribution in [1.82, 2.24) is 9.80 Å². The summed E-state index contributed by atoms with van der Waals surface area (Å²) in [5.41, 5.74) is 1.72. The van der Waals surface area contributed by atoms with Crippen molar-refractivity contribution in [3.8, 4) is 11.5 Å². The average Bonchev–Trinajstić information content (AvgIpc) is 2.68. The highest BCUT2D eigenvalue weighted by Crippen LogP contribution is 2.38. The predicted molar refractivity (Wildman–Crippen MR) is 105 cm³/mol. The van der Waals surface area contributed by atoms with E-state index >= 15 is 0 Å². The van der Waals surface area contributed by atoms with Crippen LogP contribution in [0.25, 0.3) is 0 Å². The van der Waals surface area contributed by atoms with Crippen LogP contribution in [0.2, 0.25) is 10.0 Å². The van der Waals surface area contributed by atoms with Gasteiger partial charge in [0.1, 0.15) is 13.2 Å². The minimum absolute atomic E-state index is 0.0312. The number of amides is 1. The molecule has 142 valence electrons. The van der Waals surface area contributed by atoms with Crippen molar-refractivity contribution >= 4 is 29.1 Å². The first-order valence-corrected chi connectivity index (χ1v) is 9.71. The van der Waals surface area contributed by atoms with Crippen LogP contribution in [0.5, 0.6) is 11.5 Å². The monoisotopic (exact) mass is 406 g/mol. The highest BCUT2D eigenvalue weighted by molar-refractivity contribution is 6.32. The van der Waals surface area contributed by atoms with E-state index in [1.807, 2.05) is 23.1 Å². The third-order valence-corrected chi connectivity index (χ3v) is 5.31.